The van der Waals surface area contributed by atoms with E-state index in [9.17, 15) is 4.79 Å². The van der Waals surface area contributed by atoms with Crippen LogP contribution in [0.1, 0.15) is 23.9 Å². The van der Waals surface area contributed by atoms with Crippen molar-refractivity contribution in [3.8, 4) is 0 Å². The summed E-state index contributed by atoms with van der Waals surface area (Å²) in [5.74, 6) is -0.109. The average Bonchev–Trinajstić information content (AvgIpc) is 2.77. The summed E-state index contributed by atoms with van der Waals surface area (Å²) in [4.78, 5) is 10.8. The Morgan fingerprint density at radius 2 is 2.00 bits per heavy atom. The van der Waals surface area contributed by atoms with Gasteiger partial charge >= 0.3 is 0 Å². The van der Waals surface area contributed by atoms with Crippen molar-refractivity contribution in [1.82, 2.24) is 10.2 Å². The van der Waals surface area contributed by atoms with Crippen LogP contribution in [-0.4, -0.2) is 16.1 Å². The molecular formula is C13H15N3OS. The van der Waals surface area contributed by atoms with Crippen LogP contribution in [-0.2, 0) is 17.6 Å². The van der Waals surface area contributed by atoms with Crippen LogP contribution in [0.5, 0.6) is 0 Å². The predicted octanol–water partition coefficient (Wildman–Crippen LogP) is 2.67. The monoisotopic (exact) mass is 261 g/mol. The summed E-state index contributed by atoms with van der Waals surface area (Å²) in [6, 6.07) is 10.4. The fraction of sp³-hybridized carbons (Fsp3) is 0.308. The zero-order valence-corrected chi connectivity index (χ0v) is 11.0. The first-order valence-corrected chi connectivity index (χ1v) is 6.69. The summed E-state index contributed by atoms with van der Waals surface area (Å²) >= 11 is 1.44. The molecular weight excluding hydrogens is 246 g/mol. The number of rotatable bonds is 5. The first-order valence-electron chi connectivity index (χ1n) is 5.88. The lowest BCUT2D eigenvalue weighted by Gasteiger charge is -1.98. The largest absolute Gasteiger partial charge is 0.301 e. The molecule has 4 nitrogen and oxygen atoms in total. The zero-order chi connectivity index (χ0) is 12.8. The molecule has 0 aliphatic heterocycles. The Bertz CT molecular complexity index is 510. The van der Waals surface area contributed by atoms with Crippen LogP contribution in [0, 0.1) is 0 Å². The number of anilines is 1. The molecule has 0 unspecified atom stereocenters. The van der Waals surface area contributed by atoms with Gasteiger partial charge in [-0.3, -0.25) is 4.79 Å². The average molecular weight is 261 g/mol. The van der Waals surface area contributed by atoms with E-state index in [4.69, 9.17) is 0 Å². The minimum atomic E-state index is -0.109. The maximum Gasteiger partial charge on any atom is 0.223 e. The van der Waals surface area contributed by atoms with Gasteiger partial charge in [-0.1, -0.05) is 41.7 Å². The van der Waals surface area contributed by atoms with E-state index < -0.39 is 0 Å². The van der Waals surface area contributed by atoms with E-state index in [-0.39, 0.29) is 5.91 Å². The highest BCUT2D eigenvalue weighted by Gasteiger charge is 2.05. The van der Waals surface area contributed by atoms with Crippen LogP contribution in [0.15, 0.2) is 30.3 Å². The first-order chi connectivity index (χ1) is 8.74. The Kier molecular flexibility index (Phi) is 4.41. The Labute approximate surface area is 110 Å². The van der Waals surface area contributed by atoms with Gasteiger partial charge in [0, 0.05) is 13.3 Å². The van der Waals surface area contributed by atoms with Crippen molar-refractivity contribution in [3.05, 3.63) is 40.9 Å². The molecule has 1 aromatic carbocycles. The summed E-state index contributed by atoms with van der Waals surface area (Å²) < 4.78 is 0. The van der Waals surface area contributed by atoms with Gasteiger partial charge in [0.1, 0.15) is 5.01 Å². The number of nitrogens with zero attached hydrogens (tertiary/aromatic N) is 2. The van der Waals surface area contributed by atoms with E-state index in [1.807, 2.05) is 6.07 Å². The molecule has 5 heteroatoms. The van der Waals surface area contributed by atoms with Gasteiger partial charge in [0.15, 0.2) is 0 Å². The number of hydrogen-bond donors (Lipinski definition) is 1. The first kappa shape index (κ1) is 12.7. The van der Waals surface area contributed by atoms with E-state index in [1.165, 1.54) is 23.8 Å². The molecule has 1 amide bonds. The maximum absolute atomic E-state index is 10.8. The number of benzene rings is 1. The molecule has 0 spiro atoms. The summed E-state index contributed by atoms with van der Waals surface area (Å²) in [5.41, 5.74) is 1.34. The molecule has 0 aliphatic carbocycles. The molecule has 0 fully saturated rings. The minimum Gasteiger partial charge on any atom is -0.301 e. The highest BCUT2D eigenvalue weighted by Crippen LogP contribution is 2.17. The van der Waals surface area contributed by atoms with E-state index in [0.717, 1.165) is 24.3 Å². The second-order valence-electron chi connectivity index (χ2n) is 4.02. The molecule has 1 N–H and O–H groups in total. The van der Waals surface area contributed by atoms with Crippen LogP contribution in [0.4, 0.5) is 5.13 Å². The van der Waals surface area contributed by atoms with Gasteiger partial charge in [0.05, 0.1) is 0 Å². The van der Waals surface area contributed by atoms with Crippen LogP contribution in [0.25, 0.3) is 0 Å². The van der Waals surface area contributed by atoms with Crippen molar-refractivity contribution in [2.75, 3.05) is 5.32 Å². The van der Waals surface area contributed by atoms with Crippen molar-refractivity contribution in [2.45, 2.75) is 26.2 Å². The topological polar surface area (TPSA) is 54.9 Å². The van der Waals surface area contributed by atoms with Gasteiger partial charge in [-0.2, -0.15) is 0 Å². The second kappa shape index (κ2) is 6.26. The number of amides is 1. The van der Waals surface area contributed by atoms with Crippen LogP contribution < -0.4 is 5.32 Å². The number of aryl methyl sites for hydroxylation is 2. The van der Waals surface area contributed by atoms with Gasteiger partial charge in [-0.15, -0.1) is 10.2 Å². The summed E-state index contributed by atoms with van der Waals surface area (Å²) in [6.45, 7) is 1.47. The molecule has 0 aliphatic rings. The normalized spacial score (nSPS) is 10.3. The molecule has 1 heterocycles. The van der Waals surface area contributed by atoms with Crippen molar-refractivity contribution in [3.63, 3.8) is 0 Å². The van der Waals surface area contributed by atoms with E-state index in [2.05, 4.69) is 39.8 Å². The molecule has 2 rings (SSSR count). The number of carbonyl (C=O) groups excluding carboxylic acids is 1. The molecule has 1 aromatic heterocycles. The van der Waals surface area contributed by atoms with Crippen molar-refractivity contribution in [1.29, 1.82) is 0 Å². The van der Waals surface area contributed by atoms with Gasteiger partial charge in [0.25, 0.3) is 0 Å². The van der Waals surface area contributed by atoms with E-state index in [1.54, 1.807) is 0 Å². The number of nitrogens with one attached hydrogen (secondary N) is 1. The number of carbonyl (C=O) groups is 1. The quantitative estimate of drug-likeness (QED) is 0.900. The summed E-state index contributed by atoms with van der Waals surface area (Å²) in [6.07, 6.45) is 2.97. The van der Waals surface area contributed by atoms with Crippen LogP contribution in [0.2, 0.25) is 0 Å². The smallest absolute Gasteiger partial charge is 0.223 e. The highest BCUT2D eigenvalue weighted by molar-refractivity contribution is 7.15. The predicted molar refractivity (Wildman–Crippen MR) is 72.7 cm³/mol. The molecule has 0 saturated heterocycles. The summed E-state index contributed by atoms with van der Waals surface area (Å²) in [5, 5.41) is 12.2. The minimum absolute atomic E-state index is 0.109. The Hall–Kier alpha value is -1.75. The lowest BCUT2D eigenvalue weighted by molar-refractivity contribution is -0.114. The van der Waals surface area contributed by atoms with E-state index >= 15 is 0 Å². The Morgan fingerprint density at radius 1 is 1.22 bits per heavy atom. The molecule has 18 heavy (non-hydrogen) atoms. The molecule has 2 aromatic rings. The highest BCUT2D eigenvalue weighted by atomic mass is 32.1. The third-order valence-electron chi connectivity index (χ3n) is 2.45. The molecule has 0 atom stereocenters. The van der Waals surface area contributed by atoms with E-state index in [0.29, 0.717) is 5.13 Å². The third-order valence-corrected chi connectivity index (χ3v) is 3.35. The SMILES string of the molecule is CC(=O)Nc1nnc(CCCc2ccccc2)s1. The van der Waals surface area contributed by atoms with Gasteiger partial charge in [0.2, 0.25) is 11.0 Å². The van der Waals surface area contributed by atoms with Gasteiger partial charge < -0.3 is 5.32 Å². The Morgan fingerprint density at radius 3 is 2.72 bits per heavy atom. The second-order valence-corrected chi connectivity index (χ2v) is 5.08. The lowest BCUT2D eigenvalue weighted by Crippen LogP contribution is -2.04. The van der Waals surface area contributed by atoms with Crippen molar-refractivity contribution in [2.24, 2.45) is 0 Å². The standard InChI is InChI=1S/C13H15N3OS/c1-10(17)14-13-16-15-12(18-13)9-5-8-11-6-3-2-4-7-11/h2-4,6-7H,5,8-9H2,1H3,(H,14,16,17). The van der Waals surface area contributed by atoms with Crippen LogP contribution in [0.3, 0.4) is 0 Å². The molecule has 0 bridgehead atoms. The molecule has 94 valence electrons. The third kappa shape index (κ3) is 3.92. The fourth-order valence-corrected chi connectivity index (χ4v) is 2.47. The van der Waals surface area contributed by atoms with Gasteiger partial charge in [-0.05, 0) is 18.4 Å². The summed E-state index contributed by atoms with van der Waals surface area (Å²) in [7, 11) is 0. The number of aromatic nitrogens is 2. The van der Waals surface area contributed by atoms with Gasteiger partial charge in [-0.25, -0.2) is 0 Å². The van der Waals surface area contributed by atoms with Crippen molar-refractivity contribution < 1.29 is 4.79 Å². The molecule has 0 saturated carbocycles. The Balaban J connectivity index is 1.80. The zero-order valence-electron chi connectivity index (χ0n) is 10.2. The van der Waals surface area contributed by atoms with Crippen LogP contribution >= 0.6 is 11.3 Å². The fourth-order valence-electron chi connectivity index (χ4n) is 1.64. The maximum atomic E-state index is 10.8. The molecule has 0 radical (unpaired) electrons. The van der Waals surface area contributed by atoms with Crippen molar-refractivity contribution >= 4 is 22.4 Å². The lowest BCUT2D eigenvalue weighted by atomic mass is 10.1. The number of hydrogen-bond acceptors (Lipinski definition) is 4.